The monoisotopic (exact) mass is 290 g/mol. The number of hydrogen-bond donors (Lipinski definition) is 0. The van der Waals surface area contributed by atoms with Gasteiger partial charge in [0.25, 0.3) is 0 Å². The molecule has 0 spiro atoms. The fourth-order valence-electron chi connectivity index (χ4n) is 3.22. The first-order valence-corrected chi connectivity index (χ1v) is 10.7. The smallest absolute Gasteiger partial charge is 0.0806 e. The van der Waals surface area contributed by atoms with Gasteiger partial charge in [-0.1, -0.05) is 96.3 Å². The van der Waals surface area contributed by atoms with Crippen molar-refractivity contribution in [3.63, 3.8) is 0 Å². The standard InChI is InChI=1S/C20H22Si/c1-21(2,19-13-7-4-8-14-19)20-15-9-12-18(20)16-17-10-5-3-6-11-17/h3-14H,15-16H2,1-2H3. The van der Waals surface area contributed by atoms with Gasteiger partial charge in [-0.25, -0.2) is 0 Å². The predicted octanol–water partition coefficient (Wildman–Crippen LogP) is 4.64. The Kier molecular flexibility index (Phi) is 3.93. The molecule has 0 amide bonds. The van der Waals surface area contributed by atoms with E-state index < -0.39 is 8.07 Å². The molecule has 0 heterocycles. The van der Waals surface area contributed by atoms with E-state index in [1.54, 1.807) is 10.8 Å². The summed E-state index contributed by atoms with van der Waals surface area (Å²) in [6, 6.07) is 21.9. The zero-order valence-corrected chi connectivity index (χ0v) is 13.8. The summed E-state index contributed by atoms with van der Waals surface area (Å²) >= 11 is 0. The Morgan fingerprint density at radius 1 is 0.857 bits per heavy atom. The highest BCUT2D eigenvalue weighted by atomic mass is 28.3. The molecule has 0 fully saturated rings. The SMILES string of the molecule is C[Si](C)(C1=C(Cc2ccccc2)C=CC1)c1ccccc1. The Hall–Kier alpha value is -1.86. The number of benzene rings is 2. The molecule has 0 nitrogen and oxygen atoms in total. The third-order valence-electron chi connectivity index (χ3n) is 4.52. The van der Waals surface area contributed by atoms with Gasteiger partial charge < -0.3 is 0 Å². The van der Waals surface area contributed by atoms with Gasteiger partial charge in [0.1, 0.15) is 8.07 Å². The minimum atomic E-state index is -1.55. The van der Waals surface area contributed by atoms with Crippen LogP contribution in [0.4, 0.5) is 0 Å². The molecule has 0 bridgehead atoms. The van der Waals surface area contributed by atoms with Crippen LogP contribution in [0.15, 0.2) is 83.6 Å². The van der Waals surface area contributed by atoms with Gasteiger partial charge in [-0.3, -0.25) is 0 Å². The normalized spacial score (nSPS) is 14.8. The van der Waals surface area contributed by atoms with Crippen LogP contribution in [0.5, 0.6) is 0 Å². The van der Waals surface area contributed by atoms with Crippen LogP contribution in [0.1, 0.15) is 12.0 Å². The zero-order chi connectivity index (χ0) is 14.7. The van der Waals surface area contributed by atoms with Crippen molar-refractivity contribution in [1.29, 1.82) is 0 Å². The fraction of sp³-hybridized carbons (Fsp3) is 0.200. The second-order valence-electron chi connectivity index (χ2n) is 6.26. The first kappa shape index (κ1) is 14.1. The molecule has 0 saturated carbocycles. The van der Waals surface area contributed by atoms with Crippen molar-refractivity contribution >= 4 is 13.3 Å². The minimum absolute atomic E-state index is 1.07. The van der Waals surface area contributed by atoms with E-state index in [-0.39, 0.29) is 0 Å². The molecule has 0 saturated heterocycles. The van der Waals surface area contributed by atoms with Crippen LogP contribution in [-0.4, -0.2) is 8.07 Å². The molecule has 3 rings (SSSR count). The molecule has 106 valence electrons. The molecular weight excluding hydrogens is 268 g/mol. The van der Waals surface area contributed by atoms with E-state index in [1.807, 2.05) is 0 Å². The lowest BCUT2D eigenvalue weighted by Gasteiger charge is -2.27. The molecule has 0 radical (unpaired) electrons. The van der Waals surface area contributed by atoms with Crippen molar-refractivity contribution in [1.82, 2.24) is 0 Å². The van der Waals surface area contributed by atoms with Crippen molar-refractivity contribution < 1.29 is 0 Å². The highest BCUT2D eigenvalue weighted by molar-refractivity contribution is 6.95. The van der Waals surface area contributed by atoms with Gasteiger partial charge in [0.15, 0.2) is 0 Å². The lowest BCUT2D eigenvalue weighted by molar-refractivity contribution is 1.18. The molecule has 2 aromatic carbocycles. The molecule has 1 aliphatic rings. The Morgan fingerprint density at radius 3 is 2.14 bits per heavy atom. The van der Waals surface area contributed by atoms with E-state index in [2.05, 4.69) is 85.9 Å². The highest BCUT2D eigenvalue weighted by Crippen LogP contribution is 2.30. The van der Waals surface area contributed by atoms with Gasteiger partial charge in [-0.15, -0.1) is 0 Å². The number of hydrogen-bond acceptors (Lipinski definition) is 0. The summed E-state index contributed by atoms with van der Waals surface area (Å²) in [5.41, 5.74) is 2.95. The molecule has 21 heavy (non-hydrogen) atoms. The summed E-state index contributed by atoms with van der Waals surface area (Å²) in [6.07, 6.45) is 6.89. The summed E-state index contributed by atoms with van der Waals surface area (Å²) in [6.45, 7) is 4.96. The fourth-order valence-corrected chi connectivity index (χ4v) is 6.19. The van der Waals surface area contributed by atoms with Crippen LogP contribution in [0, 0.1) is 0 Å². The molecular formula is C20H22Si. The van der Waals surface area contributed by atoms with Gasteiger partial charge in [-0.05, 0) is 24.0 Å². The van der Waals surface area contributed by atoms with Gasteiger partial charge in [0.2, 0.25) is 0 Å². The second-order valence-corrected chi connectivity index (χ2v) is 10.7. The van der Waals surface area contributed by atoms with Crippen LogP contribution in [-0.2, 0) is 6.42 Å². The first-order valence-electron chi connectivity index (χ1n) is 7.66. The maximum absolute atomic E-state index is 2.48. The van der Waals surface area contributed by atoms with Crippen molar-refractivity contribution in [2.45, 2.75) is 25.9 Å². The summed E-state index contributed by atoms with van der Waals surface area (Å²) in [5, 5.41) is 3.23. The molecule has 0 aromatic heterocycles. The largest absolute Gasteiger partial charge is 0.108 e. The van der Waals surface area contributed by atoms with E-state index in [0.29, 0.717) is 0 Å². The quantitative estimate of drug-likeness (QED) is 0.720. The first-order chi connectivity index (χ1) is 10.2. The topological polar surface area (TPSA) is 0 Å². The Morgan fingerprint density at radius 2 is 1.48 bits per heavy atom. The summed E-state index contributed by atoms with van der Waals surface area (Å²) < 4.78 is 0. The second kappa shape index (κ2) is 5.86. The van der Waals surface area contributed by atoms with E-state index >= 15 is 0 Å². The third-order valence-corrected chi connectivity index (χ3v) is 8.33. The van der Waals surface area contributed by atoms with Gasteiger partial charge in [0, 0.05) is 0 Å². The van der Waals surface area contributed by atoms with E-state index in [1.165, 1.54) is 10.8 Å². The van der Waals surface area contributed by atoms with Crippen molar-refractivity contribution in [3.8, 4) is 0 Å². The molecule has 1 aliphatic carbocycles. The lowest BCUT2D eigenvalue weighted by Crippen LogP contribution is -2.44. The number of allylic oxidation sites excluding steroid dienone is 4. The van der Waals surface area contributed by atoms with E-state index in [4.69, 9.17) is 0 Å². The van der Waals surface area contributed by atoms with E-state index in [9.17, 15) is 0 Å². The third kappa shape index (κ3) is 2.93. The average molecular weight is 290 g/mol. The van der Waals surface area contributed by atoms with Gasteiger partial charge in [-0.2, -0.15) is 0 Å². The lowest BCUT2D eigenvalue weighted by atomic mass is 10.1. The van der Waals surface area contributed by atoms with E-state index in [0.717, 1.165) is 12.8 Å². The van der Waals surface area contributed by atoms with Crippen LogP contribution < -0.4 is 5.19 Å². The van der Waals surface area contributed by atoms with Crippen LogP contribution in [0.25, 0.3) is 0 Å². The molecule has 2 aromatic rings. The van der Waals surface area contributed by atoms with Crippen molar-refractivity contribution in [2.24, 2.45) is 0 Å². The molecule has 0 unspecified atom stereocenters. The van der Waals surface area contributed by atoms with Gasteiger partial charge in [0.05, 0.1) is 0 Å². The molecule has 0 atom stereocenters. The molecule has 1 heteroatoms. The Balaban J connectivity index is 1.94. The van der Waals surface area contributed by atoms with Crippen LogP contribution in [0.3, 0.4) is 0 Å². The maximum Gasteiger partial charge on any atom is 0.108 e. The minimum Gasteiger partial charge on any atom is -0.0806 e. The summed E-state index contributed by atoms with van der Waals surface area (Å²) in [7, 11) is -1.55. The predicted molar refractivity (Wildman–Crippen MR) is 94.5 cm³/mol. The Bertz CT molecular complexity index is 663. The number of rotatable bonds is 4. The highest BCUT2D eigenvalue weighted by Gasteiger charge is 2.30. The van der Waals surface area contributed by atoms with Crippen LogP contribution >= 0.6 is 0 Å². The van der Waals surface area contributed by atoms with Crippen LogP contribution in [0.2, 0.25) is 13.1 Å². The Labute approximate surface area is 128 Å². The summed E-state index contributed by atoms with van der Waals surface area (Å²) in [5.74, 6) is 0. The van der Waals surface area contributed by atoms with Crippen molar-refractivity contribution in [2.75, 3.05) is 0 Å². The summed E-state index contributed by atoms with van der Waals surface area (Å²) in [4.78, 5) is 0. The van der Waals surface area contributed by atoms with Gasteiger partial charge >= 0.3 is 0 Å². The molecule has 0 N–H and O–H groups in total. The average Bonchev–Trinajstić information content (AvgIpc) is 2.98. The zero-order valence-electron chi connectivity index (χ0n) is 12.8. The molecule has 0 aliphatic heterocycles. The van der Waals surface area contributed by atoms with Crippen molar-refractivity contribution in [3.05, 3.63) is 89.1 Å². The maximum atomic E-state index is 2.48.